The average molecular weight is 427 g/mol. The van der Waals surface area contributed by atoms with Gasteiger partial charge in [-0.1, -0.05) is 63.2 Å². The Morgan fingerprint density at radius 2 is 1.87 bits per heavy atom. The maximum atomic E-state index is 13.0. The minimum Gasteiger partial charge on any atom is -0.353 e. The number of hydrogen-bond acceptors (Lipinski definition) is 5. The maximum absolute atomic E-state index is 13.0. The normalized spacial score (nSPS) is 16.2. The van der Waals surface area contributed by atoms with E-state index in [1.165, 1.54) is 0 Å². The van der Waals surface area contributed by atoms with Crippen LogP contribution < -0.4 is 5.32 Å². The van der Waals surface area contributed by atoms with Crippen LogP contribution in [0.5, 0.6) is 0 Å². The lowest BCUT2D eigenvalue weighted by Crippen LogP contribution is -2.47. The van der Waals surface area contributed by atoms with E-state index >= 15 is 0 Å². The summed E-state index contributed by atoms with van der Waals surface area (Å²) < 4.78 is 5.26. The largest absolute Gasteiger partial charge is 0.353 e. The molecule has 0 bridgehead atoms. The Labute approximate surface area is 184 Å². The maximum Gasteiger partial charge on any atom is 0.230 e. The van der Waals surface area contributed by atoms with Gasteiger partial charge in [0.2, 0.25) is 17.7 Å². The number of carbonyl (C=O) groups excluding carboxylic acids is 2. The third-order valence-corrected chi connectivity index (χ3v) is 5.78. The van der Waals surface area contributed by atoms with Crippen LogP contribution in [0.3, 0.4) is 0 Å². The fraction of sp³-hybridized carbons (Fsp3) is 0.583. The second-order valence-electron chi connectivity index (χ2n) is 9.30. The molecule has 1 N–H and O–H groups in total. The molecule has 168 valence electrons. The highest BCUT2D eigenvalue weighted by atomic mass is 16.5. The van der Waals surface area contributed by atoms with Crippen molar-refractivity contribution in [3.63, 3.8) is 0 Å². The van der Waals surface area contributed by atoms with Gasteiger partial charge in [0.25, 0.3) is 0 Å². The van der Waals surface area contributed by atoms with Crippen molar-refractivity contribution in [3.8, 4) is 0 Å². The molecule has 1 aromatic carbocycles. The molecule has 2 aromatic rings. The number of rotatable bonds is 7. The molecule has 1 saturated heterocycles. The summed E-state index contributed by atoms with van der Waals surface area (Å²) in [7, 11) is 0. The molecule has 31 heavy (non-hydrogen) atoms. The van der Waals surface area contributed by atoms with Crippen LogP contribution >= 0.6 is 0 Å². The quantitative estimate of drug-likeness (QED) is 0.731. The predicted octanol–water partition coefficient (Wildman–Crippen LogP) is 3.60. The van der Waals surface area contributed by atoms with Crippen LogP contribution in [0.4, 0.5) is 0 Å². The number of nitrogens with one attached hydrogen (secondary N) is 1. The number of amides is 2. The van der Waals surface area contributed by atoms with Gasteiger partial charge in [-0.15, -0.1) is 0 Å². The molecule has 3 rings (SSSR count). The zero-order valence-corrected chi connectivity index (χ0v) is 19.1. The van der Waals surface area contributed by atoms with Gasteiger partial charge < -0.3 is 14.7 Å². The van der Waals surface area contributed by atoms with Crippen molar-refractivity contribution in [1.82, 2.24) is 20.4 Å². The average Bonchev–Trinajstić information content (AvgIpc) is 3.24. The molecule has 1 atom stereocenters. The molecular formula is C24H34N4O3. The van der Waals surface area contributed by atoms with E-state index in [9.17, 15) is 9.59 Å². The highest BCUT2D eigenvalue weighted by Crippen LogP contribution is 2.24. The van der Waals surface area contributed by atoms with Gasteiger partial charge in [-0.3, -0.25) is 9.59 Å². The Morgan fingerprint density at radius 3 is 2.45 bits per heavy atom. The van der Waals surface area contributed by atoms with E-state index in [4.69, 9.17) is 4.52 Å². The van der Waals surface area contributed by atoms with E-state index in [2.05, 4.69) is 22.4 Å². The summed E-state index contributed by atoms with van der Waals surface area (Å²) in [5, 5.41) is 7.09. The molecular weight excluding hydrogens is 392 g/mol. The second kappa shape index (κ2) is 10.1. The third kappa shape index (κ3) is 6.15. The fourth-order valence-electron chi connectivity index (χ4n) is 3.88. The fourth-order valence-corrected chi connectivity index (χ4v) is 3.88. The summed E-state index contributed by atoms with van der Waals surface area (Å²) in [5.74, 6) is 1.22. The van der Waals surface area contributed by atoms with Gasteiger partial charge in [0.05, 0.1) is 5.92 Å². The van der Waals surface area contributed by atoms with Gasteiger partial charge in [-0.25, -0.2) is 0 Å². The van der Waals surface area contributed by atoms with Crippen LogP contribution in [0, 0.1) is 0 Å². The van der Waals surface area contributed by atoms with Crippen LogP contribution in [0.1, 0.15) is 76.6 Å². The Balaban J connectivity index is 1.43. The van der Waals surface area contributed by atoms with Crippen molar-refractivity contribution in [3.05, 3.63) is 47.6 Å². The highest BCUT2D eigenvalue weighted by Gasteiger charge is 2.29. The Hall–Kier alpha value is -2.70. The molecule has 2 heterocycles. The lowest BCUT2D eigenvalue weighted by atomic mass is 9.93. The molecule has 1 aliphatic rings. The van der Waals surface area contributed by atoms with Gasteiger partial charge in [0, 0.05) is 37.4 Å². The first-order chi connectivity index (χ1) is 14.8. The number of hydrogen-bond donors (Lipinski definition) is 1. The van der Waals surface area contributed by atoms with Gasteiger partial charge in [-0.05, 0) is 24.8 Å². The molecule has 1 unspecified atom stereocenters. The van der Waals surface area contributed by atoms with Crippen LogP contribution in [-0.2, 0) is 21.4 Å². The first-order valence-electron chi connectivity index (χ1n) is 11.2. The van der Waals surface area contributed by atoms with Crippen LogP contribution in [0.2, 0.25) is 0 Å². The van der Waals surface area contributed by atoms with Crippen molar-refractivity contribution in [2.24, 2.45) is 0 Å². The Morgan fingerprint density at radius 1 is 1.19 bits per heavy atom. The number of nitrogens with zero attached hydrogens (tertiary/aromatic N) is 3. The number of aromatic nitrogens is 2. The van der Waals surface area contributed by atoms with Gasteiger partial charge in [0.15, 0.2) is 5.82 Å². The zero-order valence-electron chi connectivity index (χ0n) is 19.1. The van der Waals surface area contributed by atoms with Crippen molar-refractivity contribution < 1.29 is 14.1 Å². The SMILES string of the molecule is CCC(C(=O)N1CCC(NC(=O)CCc2nc(C(C)(C)C)no2)CC1)c1ccccc1. The van der Waals surface area contributed by atoms with E-state index in [-0.39, 0.29) is 29.2 Å². The molecule has 0 saturated carbocycles. The predicted molar refractivity (Wildman–Crippen MR) is 119 cm³/mol. The molecule has 2 amide bonds. The first-order valence-corrected chi connectivity index (χ1v) is 11.2. The van der Waals surface area contributed by atoms with E-state index < -0.39 is 0 Å². The van der Waals surface area contributed by atoms with E-state index in [1.807, 2.05) is 56.0 Å². The lowest BCUT2D eigenvalue weighted by molar-refractivity contribution is -0.134. The standard InChI is InChI=1S/C24H34N4O3/c1-5-19(17-9-7-6-8-10-17)22(30)28-15-13-18(14-16-28)25-20(29)11-12-21-26-23(27-31-21)24(2,3)4/h6-10,18-19H,5,11-16H2,1-4H3,(H,25,29). The second-order valence-corrected chi connectivity index (χ2v) is 9.30. The van der Waals surface area contributed by atoms with E-state index in [0.29, 0.717) is 37.6 Å². The summed E-state index contributed by atoms with van der Waals surface area (Å²) in [6, 6.07) is 10.1. The van der Waals surface area contributed by atoms with E-state index in [0.717, 1.165) is 24.8 Å². The summed E-state index contributed by atoms with van der Waals surface area (Å²) in [5.41, 5.74) is 0.897. The Bertz CT molecular complexity index is 864. The summed E-state index contributed by atoms with van der Waals surface area (Å²) in [6.45, 7) is 9.46. The molecule has 7 heteroatoms. The van der Waals surface area contributed by atoms with Crippen LogP contribution in [0.15, 0.2) is 34.9 Å². The number of piperidine rings is 1. The Kier molecular flexibility index (Phi) is 7.46. The molecule has 0 spiro atoms. The summed E-state index contributed by atoms with van der Waals surface area (Å²) in [6.07, 6.45) is 3.08. The number of benzene rings is 1. The molecule has 0 radical (unpaired) electrons. The first kappa shape index (κ1) is 23.0. The third-order valence-electron chi connectivity index (χ3n) is 5.78. The lowest BCUT2D eigenvalue weighted by Gasteiger charge is -2.34. The highest BCUT2D eigenvalue weighted by molar-refractivity contribution is 5.84. The van der Waals surface area contributed by atoms with Gasteiger partial charge >= 0.3 is 0 Å². The van der Waals surface area contributed by atoms with E-state index in [1.54, 1.807) is 0 Å². The van der Waals surface area contributed by atoms with Crippen molar-refractivity contribution in [2.75, 3.05) is 13.1 Å². The van der Waals surface area contributed by atoms with Crippen molar-refractivity contribution in [1.29, 1.82) is 0 Å². The topological polar surface area (TPSA) is 88.3 Å². The van der Waals surface area contributed by atoms with Crippen LogP contribution in [0.25, 0.3) is 0 Å². The molecule has 0 aliphatic carbocycles. The summed E-state index contributed by atoms with van der Waals surface area (Å²) in [4.78, 5) is 31.7. The summed E-state index contributed by atoms with van der Waals surface area (Å²) >= 11 is 0. The van der Waals surface area contributed by atoms with Crippen LogP contribution in [-0.4, -0.2) is 46.0 Å². The monoisotopic (exact) mass is 426 g/mol. The minimum absolute atomic E-state index is 0.0176. The zero-order chi connectivity index (χ0) is 22.4. The smallest absolute Gasteiger partial charge is 0.230 e. The minimum atomic E-state index is -0.174. The van der Waals surface area contributed by atoms with Gasteiger partial charge in [0.1, 0.15) is 0 Å². The molecule has 7 nitrogen and oxygen atoms in total. The molecule has 1 aliphatic heterocycles. The van der Waals surface area contributed by atoms with Crippen molar-refractivity contribution >= 4 is 11.8 Å². The molecule has 1 aromatic heterocycles. The molecule has 1 fully saturated rings. The number of aryl methyl sites for hydroxylation is 1. The van der Waals surface area contributed by atoms with Crippen molar-refractivity contribution in [2.45, 2.75) is 77.2 Å². The number of likely N-dealkylation sites (tertiary alicyclic amines) is 1. The van der Waals surface area contributed by atoms with Gasteiger partial charge in [-0.2, -0.15) is 4.98 Å². The number of carbonyl (C=O) groups is 2.